The summed E-state index contributed by atoms with van der Waals surface area (Å²) in [6, 6.07) is 5.84. The van der Waals surface area contributed by atoms with Crippen LogP contribution in [0.1, 0.15) is 102 Å². The minimum absolute atomic E-state index is 0.257. The van der Waals surface area contributed by atoms with Crippen molar-refractivity contribution in [2.24, 2.45) is 0 Å². The third-order valence-electron chi connectivity index (χ3n) is 6.82. The van der Waals surface area contributed by atoms with E-state index in [0.29, 0.717) is 25.7 Å². The SMILES string of the molecule is CC(F)CC(=O)OC1(c2ccc(C3(OC(=O)CC(C)F)CCCCC3)c(Br)c2)CCCCC1. The van der Waals surface area contributed by atoms with Gasteiger partial charge in [0, 0.05) is 10.0 Å². The van der Waals surface area contributed by atoms with Gasteiger partial charge in [0.05, 0.1) is 12.8 Å². The quantitative estimate of drug-likeness (QED) is 0.331. The van der Waals surface area contributed by atoms with E-state index in [2.05, 4.69) is 15.9 Å². The molecule has 2 saturated carbocycles. The average molecular weight is 529 g/mol. The number of hydrogen-bond donors (Lipinski definition) is 0. The molecule has 0 saturated heterocycles. The van der Waals surface area contributed by atoms with E-state index in [1.807, 2.05) is 18.2 Å². The van der Waals surface area contributed by atoms with Crippen molar-refractivity contribution in [3.63, 3.8) is 0 Å². The van der Waals surface area contributed by atoms with Crippen LogP contribution in [0.25, 0.3) is 0 Å². The first kappa shape index (κ1) is 26.1. The first-order chi connectivity index (χ1) is 15.7. The predicted molar refractivity (Wildman–Crippen MR) is 126 cm³/mol. The number of hydrogen-bond acceptors (Lipinski definition) is 4. The second-order valence-electron chi connectivity index (χ2n) is 9.72. The van der Waals surface area contributed by atoms with E-state index in [1.54, 1.807) is 0 Å². The van der Waals surface area contributed by atoms with Crippen molar-refractivity contribution in [3.8, 4) is 0 Å². The Bertz CT molecular complexity index is 828. The van der Waals surface area contributed by atoms with Gasteiger partial charge in [0.2, 0.25) is 0 Å². The van der Waals surface area contributed by atoms with Gasteiger partial charge >= 0.3 is 11.9 Å². The summed E-state index contributed by atoms with van der Waals surface area (Å²) < 4.78 is 39.5. The summed E-state index contributed by atoms with van der Waals surface area (Å²) in [5.41, 5.74) is 0.167. The van der Waals surface area contributed by atoms with Crippen molar-refractivity contribution < 1.29 is 27.8 Å². The molecular weight excluding hydrogens is 494 g/mol. The van der Waals surface area contributed by atoms with Gasteiger partial charge in [-0.15, -0.1) is 0 Å². The van der Waals surface area contributed by atoms with Crippen molar-refractivity contribution in [2.45, 2.75) is 114 Å². The molecule has 2 aliphatic rings. The van der Waals surface area contributed by atoms with Crippen LogP contribution in [-0.2, 0) is 30.3 Å². The molecule has 2 atom stereocenters. The highest BCUT2D eigenvalue weighted by atomic mass is 79.9. The topological polar surface area (TPSA) is 52.6 Å². The molecule has 4 nitrogen and oxygen atoms in total. The lowest BCUT2D eigenvalue weighted by Crippen LogP contribution is -2.37. The summed E-state index contributed by atoms with van der Waals surface area (Å²) in [6.07, 6.45) is 5.60. The molecule has 7 heteroatoms. The summed E-state index contributed by atoms with van der Waals surface area (Å²) >= 11 is 3.69. The van der Waals surface area contributed by atoms with Gasteiger partial charge in [-0.2, -0.15) is 0 Å². The minimum atomic E-state index is -1.25. The average Bonchev–Trinajstić information content (AvgIpc) is 2.73. The highest BCUT2D eigenvalue weighted by Crippen LogP contribution is 2.47. The lowest BCUT2D eigenvalue weighted by atomic mass is 9.76. The summed E-state index contributed by atoms with van der Waals surface area (Å²) in [5.74, 6) is -1.05. The zero-order valence-electron chi connectivity index (χ0n) is 19.6. The van der Waals surface area contributed by atoms with Crippen molar-refractivity contribution in [2.75, 3.05) is 0 Å². The van der Waals surface area contributed by atoms with Crippen molar-refractivity contribution in [1.82, 2.24) is 0 Å². The largest absolute Gasteiger partial charge is 0.454 e. The van der Waals surface area contributed by atoms with Crippen LogP contribution < -0.4 is 0 Å². The maximum absolute atomic E-state index is 13.4. The van der Waals surface area contributed by atoms with Crippen LogP contribution in [0.5, 0.6) is 0 Å². The summed E-state index contributed by atoms with van der Waals surface area (Å²) in [4.78, 5) is 24.8. The maximum Gasteiger partial charge on any atom is 0.309 e. The first-order valence-corrected chi connectivity index (χ1v) is 13.0. The Morgan fingerprint density at radius 3 is 1.76 bits per heavy atom. The van der Waals surface area contributed by atoms with Crippen LogP contribution in [0.15, 0.2) is 22.7 Å². The highest BCUT2D eigenvalue weighted by molar-refractivity contribution is 9.10. The molecule has 0 aromatic heterocycles. The van der Waals surface area contributed by atoms with Crippen LogP contribution in [-0.4, -0.2) is 24.3 Å². The molecule has 184 valence electrons. The summed E-state index contributed by atoms with van der Waals surface area (Å²) in [7, 11) is 0. The maximum atomic E-state index is 13.4. The lowest BCUT2D eigenvalue weighted by Gasteiger charge is -2.40. The Hall–Kier alpha value is -1.50. The molecule has 0 amide bonds. The van der Waals surface area contributed by atoms with Gasteiger partial charge in [0.1, 0.15) is 23.5 Å². The van der Waals surface area contributed by atoms with Crippen LogP contribution in [0.3, 0.4) is 0 Å². The second-order valence-corrected chi connectivity index (χ2v) is 10.6. The van der Waals surface area contributed by atoms with E-state index in [4.69, 9.17) is 9.47 Å². The standard InChI is InChI=1S/C26H35BrF2O4/c1-18(28)15-23(30)32-25(11-5-3-6-12-25)20-9-10-21(22(27)17-20)26(13-7-4-8-14-26)33-24(31)16-19(2)29/h9-10,17-19H,3-8,11-16H2,1-2H3. The van der Waals surface area contributed by atoms with Gasteiger partial charge in [-0.25, -0.2) is 8.78 Å². The predicted octanol–water partition coefficient (Wildman–Crippen LogP) is 7.35. The lowest BCUT2D eigenvalue weighted by molar-refractivity contribution is -0.168. The van der Waals surface area contributed by atoms with Gasteiger partial charge in [-0.3, -0.25) is 9.59 Å². The fourth-order valence-electron chi connectivity index (χ4n) is 5.27. The second kappa shape index (κ2) is 11.3. The Balaban J connectivity index is 1.92. The molecule has 0 spiro atoms. The van der Waals surface area contributed by atoms with Gasteiger partial charge in [0.25, 0.3) is 0 Å². The smallest absolute Gasteiger partial charge is 0.309 e. The highest BCUT2D eigenvalue weighted by Gasteiger charge is 2.42. The first-order valence-electron chi connectivity index (χ1n) is 12.2. The normalized spacial score (nSPS) is 21.6. The number of carbonyl (C=O) groups excluding carboxylic acids is 2. The molecule has 2 unspecified atom stereocenters. The molecule has 0 heterocycles. The number of halogens is 3. The van der Waals surface area contributed by atoms with Crippen molar-refractivity contribution >= 4 is 27.9 Å². The van der Waals surface area contributed by atoms with E-state index in [-0.39, 0.29) is 12.8 Å². The molecule has 0 N–H and O–H groups in total. The van der Waals surface area contributed by atoms with Crippen LogP contribution in [0, 0.1) is 0 Å². The molecular formula is C26H35BrF2O4. The van der Waals surface area contributed by atoms with Crippen molar-refractivity contribution in [3.05, 3.63) is 33.8 Å². The van der Waals surface area contributed by atoms with E-state index in [9.17, 15) is 18.4 Å². The zero-order valence-corrected chi connectivity index (χ0v) is 21.2. The number of carbonyl (C=O) groups is 2. The van der Waals surface area contributed by atoms with Gasteiger partial charge < -0.3 is 9.47 Å². The number of benzene rings is 1. The van der Waals surface area contributed by atoms with E-state index < -0.39 is 35.5 Å². The van der Waals surface area contributed by atoms with Gasteiger partial charge in [-0.1, -0.05) is 40.9 Å². The molecule has 0 radical (unpaired) electrons. The molecule has 1 aromatic rings. The summed E-state index contributed by atoms with van der Waals surface area (Å²) in [5, 5.41) is 0. The molecule has 0 bridgehead atoms. The number of ether oxygens (including phenoxy) is 2. The van der Waals surface area contributed by atoms with Crippen LogP contribution in [0.4, 0.5) is 8.78 Å². The molecule has 2 aliphatic carbocycles. The fourth-order valence-corrected chi connectivity index (χ4v) is 6.01. The molecule has 33 heavy (non-hydrogen) atoms. The molecule has 1 aromatic carbocycles. The van der Waals surface area contributed by atoms with Crippen LogP contribution in [0.2, 0.25) is 0 Å². The number of esters is 2. The van der Waals surface area contributed by atoms with E-state index in [1.165, 1.54) is 13.8 Å². The monoisotopic (exact) mass is 528 g/mol. The van der Waals surface area contributed by atoms with E-state index >= 15 is 0 Å². The minimum Gasteiger partial charge on any atom is -0.454 e. The number of rotatable bonds is 8. The van der Waals surface area contributed by atoms with Crippen molar-refractivity contribution in [1.29, 1.82) is 0 Å². The zero-order chi connectivity index (χ0) is 24.1. The Kier molecular flexibility index (Phi) is 8.93. The molecule has 3 rings (SSSR count). The molecule has 2 fully saturated rings. The Labute approximate surface area is 203 Å². The third kappa shape index (κ3) is 6.55. The van der Waals surface area contributed by atoms with Gasteiger partial charge in [-0.05, 0) is 76.8 Å². The van der Waals surface area contributed by atoms with E-state index in [0.717, 1.165) is 54.1 Å². The summed E-state index contributed by atoms with van der Waals surface area (Å²) in [6.45, 7) is 2.71. The Morgan fingerprint density at radius 1 is 0.848 bits per heavy atom. The molecule has 0 aliphatic heterocycles. The fraction of sp³-hybridized carbons (Fsp3) is 0.692. The number of alkyl halides is 2. The van der Waals surface area contributed by atoms with Gasteiger partial charge in [0.15, 0.2) is 0 Å². The van der Waals surface area contributed by atoms with Crippen LogP contribution >= 0.6 is 15.9 Å². The third-order valence-corrected chi connectivity index (χ3v) is 7.48. The Morgan fingerprint density at radius 2 is 1.30 bits per heavy atom.